The second-order valence-corrected chi connectivity index (χ2v) is 6.15. The lowest BCUT2D eigenvalue weighted by Gasteiger charge is -2.30. The quantitative estimate of drug-likeness (QED) is 0.929. The van der Waals surface area contributed by atoms with Gasteiger partial charge in [0.2, 0.25) is 5.91 Å². The maximum Gasteiger partial charge on any atom is 0.240 e. The number of carbonyl (C=O) groups is 1. The average Bonchev–Trinajstić information content (AvgIpc) is 2.30. The Bertz CT molecular complexity index is 451. The summed E-state index contributed by atoms with van der Waals surface area (Å²) < 4.78 is 13.7. The van der Waals surface area contributed by atoms with Gasteiger partial charge in [-0.3, -0.25) is 4.79 Å². The van der Waals surface area contributed by atoms with Crippen molar-refractivity contribution in [2.24, 2.45) is 11.1 Å². The molecule has 0 bridgehead atoms. The third kappa shape index (κ3) is 3.91. The molecule has 106 valence electrons. The molecule has 0 unspecified atom stereocenters. The molecule has 2 N–H and O–H groups in total. The van der Waals surface area contributed by atoms with E-state index in [4.69, 9.17) is 17.3 Å². The molecule has 5 heteroatoms. The monoisotopic (exact) mass is 286 g/mol. The van der Waals surface area contributed by atoms with Crippen molar-refractivity contribution in [3.05, 3.63) is 34.6 Å². The smallest absolute Gasteiger partial charge is 0.240 e. The fourth-order valence-corrected chi connectivity index (χ4v) is 1.83. The summed E-state index contributed by atoms with van der Waals surface area (Å²) >= 11 is 5.94. The van der Waals surface area contributed by atoms with E-state index < -0.39 is 11.9 Å². The summed E-state index contributed by atoms with van der Waals surface area (Å²) in [5.74, 6) is -0.650. The Kier molecular flexibility index (Phi) is 4.93. The number of amides is 1. The predicted octanol–water partition coefficient (Wildman–Crippen LogP) is 2.81. The van der Waals surface area contributed by atoms with Crippen molar-refractivity contribution in [3.63, 3.8) is 0 Å². The van der Waals surface area contributed by atoms with Crippen LogP contribution in [0.5, 0.6) is 0 Å². The molecule has 1 aromatic rings. The molecule has 0 fully saturated rings. The fourth-order valence-electron chi connectivity index (χ4n) is 1.61. The number of benzene rings is 1. The summed E-state index contributed by atoms with van der Waals surface area (Å²) in [5.41, 5.74) is 5.87. The molecule has 0 aliphatic heterocycles. The Hall–Kier alpha value is -1.13. The lowest BCUT2D eigenvalue weighted by molar-refractivity contribution is -0.134. The Labute approximate surface area is 118 Å². The zero-order valence-corrected chi connectivity index (χ0v) is 12.5. The summed E-state index contributed by atoms with van der Waals surface area (Å²) in [6.07, 6.45) is 0. The van der Waals surface area contributed by atoms with E-state index in [2.05, 4.69) is 0 Å². The van der Waals surface area contributed by atoms with Crippen LogP contribution in [0.2, 0.25) is 5.02 Å². The molecule has 1 rings (SSSR count). The van der Waals surface area contributed by atoms with E-state index in [1.807, 2.05) is 20.8 Å². The van der Waals surface area contributed by atoms with Crippen LogP contribution in [0.15, 0.2) is 18.2 Å². The molecule has 0 saturated heterocycles. The molecule has 0 aliphatic rings. The zero-order chi connectivity index (χ0) is 14.8. The molecule has 1 atom stereocenters. The topological polar surface area (TPSA) is 46.3 Å². The highest BCUT2D eigenvalue weighted by Crippen LogP contribution is 2.23. The van der Waals surface area contributed by atoms with E-state index in [-0.39, 0.29) is 17.9 Å². The van der Waals surface area contributed by atoms with Gasteiger partial charge in [-0.05, 0) is 17.5 Å². The normalized spacial score (nSPS) is 13.2. The SMILES string of the molecule is CN(Cc1c(F)cccc1Cl)C(=O)[C@H](N)C(C)(C)C. The van der Waals surface area contributed by atoms with E-state index in [9.17, 15) is 9.18 Å². The third-order valence-electron chi connectivity index (χ3n) is 3.03. The van der Waals surface area contributed by atoms with Crippen LogP contribution in [0, 0.1) is 11.2 Å². The highest BCUT2D eigenvalue weighted by molar-refractivity contribution is 6.31. The maximum absolute atomic E-state index is 13.7. The second-order valence-electron chi connectivity index (χ2n) is 5.74. The molecular formula is C14H20ClFN2O. The summed E-state index contributed by atoms with van der Waals surface area (Å²) in [6.45, 7) is 5.77. The van der Waals surface area contributed by atoms with Crippen molar-refractivity contribution >= 4 is 17.5 Å². The predicted molar refractivity (Wildman–Crippen MR) is 75.3 cm³/mol. The van der Waals surface area contributed by atoms with E-state index in [0.29, 0.717) is 10.6 Å². The fraction of sp³-hybridized carbons (Fsp3) is 0.500. The molecule has 19 heavy (non-hydrogen) atoms. The van der Waals surface area contributed by atoms with Gasteiger partial charge in [-0.2, -0.15) is 0 Å². The van der Waals surface area contributed by atoms with Crippen molar-refractivity contribution in [1.82, 2.24) is 4.90 Å². The molecule has 0 radical (unpaired) electrons. The molecule has 1 aromatic carbocycles. The van der Waals surface area contributed by atoms with Gasteiger partial charge in [-0.25, -0.2) is 4.39 Å². The Morgan fingerprint density at radius 1 is 1.47 bits per heavy atom. The molecule has 0 heterocycles. The second kappa shape index (κ2) is 5.88. The summed E-state index contributed by atoms with van der Waals surface area (Å²) in [5, 5.41) is 0.309. The molecule has 0 saturated carbocycles. The van der Waals surface area contributed by atoms with Gasteiger partial charge in [0.1, 0.15) is 5.82 Å². The number of rotatable bonds is 3. The van der Waals surface area contributed by atoms with Gasteiger partial charge in [0.05, 0.1) is 6.04 Å². The van der Waals surface area contributed by atoms with Gasteiger partial charge in [-0.1, -0.05) is 38.4 Å². The van der Waals surface area contributed by atoms with Crippen molar-refractivity contribution < 1.29 is 9.18 Å². The number of nitrogens with two attached hydrogens (primary N) is 1. The molecule has 1 amide bonds. The van der Waals surface area contributed by atoms with Gasteiger partial charge in [0.25, 0.3) is 0 Å². The van der Waals surface area contributed by atoms with Crippen LogP contribution in [0.3, 0.4) is 0 Å². The van der Waals surface area contributed by atoms with Gasteiger partial charge in [-0.15, -0.1) is 0 Å². The first-order valence-electron chi connectivity index (χ1n) is 6.08. The lowest BCUT2D eigenvalue weighted by Crippen LogP contribution is -2.49. The van der Waals surface area contributed by atoms with Crippen LogP contribution in [-0.4, -0.2) is 23.9 Å². The minimum Gasteiger partial charge on any atom is -0.340 e. The van der Waals surface area contributed by atoms with Crippen LogP contribution < -0.4 is 5.73 Å². The van der Waals surface area contributed by atoms with Crippen molar-refractivity contribution in [2.45, 2.75) is 33.4 Å². The van der Waals surface area contributed by atoms with E-state index >= 15 is 0 Å². The van der Waals surface area contributed by atoms with E-state index in [1.165, 1.54) is 17.0 Å². The lowest BCUT2D eigenvalue weighted by atomic mass is 9.86. The summed E-state index contributed by atoms with van der Waals surface area (Å²) in [7, 11) is 1.59. The number of hydrogen-bond acceptors (Lipinski definition) is 2. The minimum absolute atomic E-state index is 0.105. The molecule has 0 aliphatic carbocycles. The van der Waals surface area contributed by atoms with Gasteiger partial charge in [0.15, 0.2) is 0 Å². The summed E-state index contributed by atoms with van der Waals surface area (Å²) in [4.78, 5) is 13.6. The van der Waals surface area contributed by atoms with Crippen molar-refractivity contribution in [3.8, 4) is 0 Å². The maximum atomic E-state index is 13.7. The van der Waals surface area contributed by atoms with Crippen LogP contribution in [-0.2, 0) is 11.3 Å². The van der Waals surface area contributed by atoms with E-state index in [0.717, 1.165) is 0 Å². The van der Waals surface area contributed by atoms with Gasteiger partial charge >= 0.3 is 0 Å². The average molecular weight is 287 g/mol. The first-order chi connectivity index (χ1) is 8.64. The highest BCUT2D eigenvalue weighted by Gasteiger charge is 2.30. The third-order valence-corrected chi connectivity index (χ3v) is 3.39. The molecular weight excluding hydrogens is 267 g/mol. The number of likely N-dealkylation sites (N-methyl/N-ethyl adjacent to an activating group) is 1. The van der Waals surface area contributed by atoms with Crippen LogP contribution >= 0.6 is 11.6 Å². The number of nitrogens with zero attached hydrogens (tertiary/aromatic N) is 1. The zero-order valence-electron chi connectivity index (χ0n) is 11.7. The summed E-state index contributed by atoms with van der Waals surface area (Å²) in [6, 6.07) is 3.82. The highest BCUT2D eigenvalue weighted by atomic mass is 35.5. The molecule has 0 spiro atoms. The standard InChI is InChI=1S/C14H20ClFN2O/c1-14(2,3)12(17)13(19)18(4)8-9-10(15)6-5-7-11(9)16/h5-7,12H,8,17H2,1-4H3/t12-/m0/s1. The van der Waals surface area contributed by atoms with Crippen LogP contribution in [0.25, 0.3) is 0 Å². The van der Waals surface area contributed by atoms with Gasteiger partial charge in [0, 0.05) is 24.2 Å². The number of halogens is 2. The van der Waals surface area contributed by atoms with Gasteiger partial charge < -0.3 is 10.6 Å². The van der Waals surface area contributed by atoms with Crippen molar-refractivity contribution in [2.75, 3.05) is 7.05 Å². The number of carbonyl (C=O) groups excluding carboxylic acids is 1. The first-order valence-corrected chi connectivity index (χ1v) is 6.46. The Balaban J connectivity index is 2.86. The minimum atomic E-state index is -0.636. The Morgan fingerprint density at radius 3 is 2.53 bits per heavy atom. The van der Waals surface area contributed by atoms with Crippen LogP contribution in [0.4, 0.5) is 4.39 Å². The van der Waals surface area contributed by atoms with Crippen LogP contribution in [0.1, 0.15) is 26.3 Å². The first kappa shape index (κ1) is 15.9. The molecule has 0 aromatic heterocycles. The number of hydrogen-bond donors (Lipinski definition) is 1. The molecule has 3 nitrogen and oxygen atoms in total. The van der Waals surface area contributed by atoms with Crippen molar-refractivity contribution in [1.29, 1.82) is 0 Å². The Morgan fingerprint density at radius 2 is 2.05 bits per heavy atom. The van der Waals surface area contributed by atoms with E-state index in [1.54, 1.807) is 13.1 Å². The largest absolute Gasteiger partial charge is 0.340 e.